The van der Waals surface area contributed by atoms with Gasteiger partial charge in [-0.2, -0.15) is 4.98 Å². The molecular formula is C14H11F3N2O2. The lowest BCUT2D eigenvalue weighted by molar-refractivity contribution is -0.274. The van der Waals surface area contributed by atoms with Gasteiger partial charge < -0.3 is 9.47 Å². The molecule has 0 N–H and O–H groups in total. The first-order chi connectivity index (χ1) is 9.85. The van der Waals surface area contributed by atoms with Gasteiger partial charge >= 0.3 is 6.36 Å². The summed E-state index contributed by atoms with van der Waals surface area (Å²) in [5, 5.41) is 0. The molecule has 0 amide bonds. The lowest BCUT2D eigenvalue weighted by atomic mass is 10.3. The van der Waals surface area contributed by atoms with Crippen LogP contribution in [0.4, 0.5) is 13.2 Å². The van der Waals surface area contributed by atoms with Crippen molar-refractivity contribution in [3.05, 3.63) is 48.4 Å². The van der Waals surface area contributed by atoms with Crippen molar-refractivity contribution in [2.24, 2.45) is 0 Å². The average Bonchev–Trinajstić information content (AvgIpc) is 2.36. The van der Waals surface area contributed by atoms with Crippen molar-refractivity contribution >= 4 is 6.08 Å². The zero-order valence-electron chi connectivity index (χ0n) is 11.0. The largest absolute Gasteiger partial charge is 0.573 e. The molecule has 0 spiro atoms. The Morgan fingerprint density at radius 3 is 2.52 bits per heavy atom. The lowest BCUT2D eigenvalue weighted by Crippen LogP contribution is -2.17. The fraction of sp³-hybridized carbons (Fsp3) is 0.143. The minimum absolute atomic E-state index is 0.171. The third-order valence-corrected chi connectivity index (χ3v) is 2.29. The molecule has 0 saturated heterocycles. The Kier molecular flexibility index (Phi) is 4.11. The maximum Gasteiger partial charge on any atom is 0.573 e. The second-order valence-electron chi connectivity index (χ2n) is 4.03. The Morgan fingerprint density at radius 2 is 1.86 bits per heavy atom. The van der Waals surface area contributed by atoms with Crippen LogP contribution in [0.15, 0.2) is 36.9 Å². The topological polar surface area (TPSA) is 44.2 Å². The number of aryl methyl sites for hydroxylation is 1. The highest BCUT2D eigenvalue weighted by atomic mass is 19.4. The molecule has 0 atom stereocenters. The highest BCUT2D eigenvalue weighted by Crippen LogP contribution is 2.28. The molecule has 0 bridgehead atoms. The van der Waals surface area contributed by atoms with Crippen molar-refractivity contribution in [1.29, 1.82) is 0 Å². The van der Waals surface area contributed by atoms with E-state index in [4.69, 9.17) is 4.74 Å². The summed E-state index contributed by atoms with van der Waals surface area (Å²) in [5.74, 6) is 0.383. The number of halogens is 3. The molecule has 7 heteroatoms. The van der Waals surface area contributed by atoms with Crippen LogP contribution in [0.5, 0.6) is 17.4 Å². The fourth-order valence-corrected chi connectivity index (χ4v) is 1.56. The third-order valence-electron chi connectivity index (χ3n) is 2.29. The van der Waals surface area contributed by atoms with Crippen molar-refractivity contribution in [2.75, 3.05) is 0 Å². The minimum atomic E-state index is -4.75. The van der Waals surface area contributed by atoms with Crippen LogP contribution in [0.25, 0.3) is 6.08 Å². The van der Waals surface area contributed by atoms with Gasteiger partial charge in [0.1, 0.15) is 11.5 Å². The summed E-state index contributed by atoms with van der Waals surface area (Å²) in [6.45, 7) is 5.29. The van der Waals surface area contributed by atoms with Gasteiger partial charge in [0, 0.05) is 17.8 Å². The van der Waals surface area contributed by atoms with E-state index in [9.17, 15) is 13.2 Å². The zero-order valence-corrected chi connectivity index (χ0v) is 11.0. The summed E-state index contributed by atoms with van der Waals surface area (Å²) < 4.78 is 45.7. The number of hydrogen-bond acceptors (Lipinski definition) is 4. The fourth-order valence-electron chi connectivity index (χ4n) is 1.56. The van der Waals surface area contributed by atoms with Gasteiger partial charge in [-0.15, -0.1) is 13.2 Å². The molecule has 2 aromatic rings. The smallest absolute Gasteiger partial charge is 0.439 e. The van der Waals surface area contributed by atoms with Crippen molar-refractivity contribution in [3.63, 3.8) is 0 Å². The molecule has 4 nitrogen and oxygen atoms in total. The van der Waals surface area contributed by atoms with E-state index in [0.717, 1.165) is 6.07 Å². The van der Waals surface area contributed by atoms with Gasteiger partial charge in [-0.05, 0) is 25.1 Å². The van der Waals surface area contributed by atoms with E-state index in [1.807, 2.05) is 0 Å². The molecule has 0 radical (unpaired) electrons. The second kappa shape index (κ2) is 5.82. The highest BCUT2D eigenvalue weighted by Gasteiger charge is 2.31. The molecule has 1 aromatic carbocycles. The van der Waals surface area contributed by atoms with Gasteiger partial charge in [0.2, 0.25) is 5.88 Å². The number of benzene rings is 1. The molecule has 0 unspecified atom stereocenters. The van der Waals surface area contributed by atoms with Crippen LogP contribution in [0, 0.1) is 6.92 Å². The number of ether oxygens (including phenoxy) is 2. The number of hydrogen-bond donors (Lipinski definition) is 0. The third kappa shape index (κ3) is 4.48. The Morgan fingerprint density at radius 1 is 1.14 bits per heavy atom. The van der Waals surface area contributed by atoms with E-state index >= 15 is 0 Å². The van der Waals surface area contributed by atoms with Gasteiger partial charge in [0.25, 0.3) is 0 Å². The number of rotatable bonds is 4. The van der Waals surface area contributed by atoms with E-state index in [-0.39, 0.29) is 17.4 Å². The average molecular weight is 296 g/mol. The maximum absolute atomic E-state index is 12.2. The SMILES string of the molecule is C=Cc1nc(C)cc(Oc2cccc(OC(F)(F)F)c2)n1. The quantitative estimate of drug-likeness (QED) is 0.851. The van der Waals surface area contributed by atoms with Gasteiger partial charge in [-0.1, -0.05) is 12.6 Å². The monoisotopic (exact) mass is 296 g/mol. The van der Waals surface area contributed by atoms with E-state index in [2.05, 4.69) is 21.3 Å². The number of alkyl halides is 3. The first-order valence-corrected chi connectivity index (χ1v) is 5.87. The zero-order chi connectivity index (χ0) is 15.5. The molecule has 1 heterocycles. The van der Waals surface area contributed by atoms with Crippen molar-refractivity contribution in [1.82, 2.24) is 9.97 Å². The van der Waals surface area contributed by atoms with Gasteiger partial charge in [0.15, 0.2) is 5.82 Å². The van der Waals surface area contributed by atoms with Crippen LogP contribution in [0.2, 0.25) is 0 Å². The summed E-state index contributed by atoms with van der Waals surface area (Å²) in [6, 6.07) is 6.75. The van der Waals surface area contributed by atoms with Gasteiger partial charge in [-0.3, -0.25) is 0 Å². The van der Waals surface area contributed by atoms with Crippen LogP contribution < -0.4 is 9.47 Å². The van der Waals surface area contributed by atoms with Crippen LogP contribution in [-0.2, 0) is 0 Å². The first-order valence-electron chi connectivity index (χ1n) is 5.87. The Labute approximate surface area is 118 Å². The predicted octanol–water partition coefficient (Wildman–Crippen LogP) is 4.12. The minimum Gasteiger partial charge on any atom is -0.439 e. The number of aromatic nitrogens is 2. The van der Waals surface area contributed by atoms with Gasteiger partial charge in [-0.25, -0.2) is 4.98 Å². The van der Waals surface area contributed by atoms with E-state index in [1.165, 1.54) is 24.3 Å². The molecule has 1 aromatic heterocycles. The standard InChI is InChI=1S/C14H11F3N2O2/c1-3-12-18-9(2)7-13(19-12)20-10-5-4-6-11(8-10)21-14(15,16)17/h3-8H,1H2,2H3. The van der Waals surface area contributed by atoms with Crippen LogP contribution in [0.1, 0.15) is 11.5 Å². The van der Waals surface area contributed by atoms with E-state index in [0.29, 0.717) is 11.5 Å². The summed E-state index contributed by atoms with van der Waals surface area (Å²) >= 11 is 0. The van der Waals surface area contributed by atoms with Gasteiger partial charge in [0.05, 0.1) is 0 Å². The normalized spacial score (nSPS) is 11.0. The Bertz CT molecular complexity index is 657. The first kappa shape index (κ1) is 14.8. The van der Waals surface area contributed by atoms with E-state index < -0.39 is 6.36 Å². The van der Waals surface area contributed by atoms with E-state index in [1.54, 1.807) is 13.0 Å². The molecule has 0 aliphatic rings. The number of nitrogens with zero attached hydrogens (tertiary/aromatic N) is 2. The molecule has 0 aliphatic heterocycles. The summed E-state index contributed by atoms with van der Waals surface area (Å²) in [7, 11) is 0. The molecule has 0 aliphatic carbocycles. The van der Waals surface area contributed by atoms with Crippen molar-refractivity contribution in [3.8, 4) is 17.4 Å². The predicted molar refractivity (Wildman–Crippen MR) is 70.1 cm³/mol. The van der Waals surface area contributed by atoms with Crippen molar-refractivity contribution in [2.45, 2.75) is 13.3 Å². The summed E-state index contributed by atoms with van der Waals surface area (Å²) in [5.41, 5.74) is 0.651. The second-order valence-corrected chi connectivity index (χ2v) is 4.03. The van der Waals surface area contributed by atoms with Crippen LogP contribution in [0.3, 0.4) is 0 Å². The Hall–Kier alpha value is -2.57. The maximum atomic E-state index is 12.2. The summed E-state index contributed by atoms with van der Waals surface area (Å²) in [4.78, 5) is 8.11. The highest BCUT2D eigenvalue weighted by molar-refractivity contribution is 5.40. The van der Waals surface area contributed by atoms with Crippen molar-refractivity contribution < 1.29 is 22.6 Å². The van der Waals surface area contributed by atoms with Crippen LogP contribution >= 0.6 is 0 Å². The summed E-state index contributed by atoms with van der Waals surface area (Å²) in [6.07, 6.45) is -3.30. The lowest BCUT2D eigenvalue weighted by Gasteiger charge is -2.10. The molecule has 0 fully saturated rings. The molecule has 0 saturated carbocycles. The van der Waals surface area contributed by atoms with Crippen LogP contribution in [-0.4, -0.2) is 16.3 Å². The molecule has 2 rings (SSSR count). The molecular weight excluding hydrogens is 285 g/mol. The molecule has 21 heavy (non-hydrogen) atoms. The Balaban J connectivity index is 2.22. The molecule has 110 valence electrons.